The molecule has 0 bridgehead atoms. The molecule has 0 aliphatic heterocycles. The Hall–Kier alpha value is -2.57. The number of pyridine rings is 1. The topological polar surface area (TPSA) is 71.8 Å². The van der Waals surface area contributed by atoms with Crippen molar-refractivity contribution in [3.05, 3.63) is 64.4 Å². The van der Waals surface area contributed by atoms with Gasteiger partial charge in [-0.2, -0.15) is 5.10 Å². The lowest BCUT2D eigenvalue weighted by Crippen LogP contribution is -2.17. The van der Waals surface area contributed by atoms with Gasteiger partial charge >= 0.3 is 0 Å². The summed E-state index contributed by atoms with van der Waals surface area (Å²) in [6.45, 7) is 2.60. The number of aryl methyl sites for hydroxylation is 1. The quantitative estimate of drug-likeness (QED) is 0.683. The molecule has 0 aliphatic rings. The number of amides is 1. The van der Waals surface area contributed by atoms with Crippen molar-refractivity contribution in [1.82, 2.24) is 14.8 Å². The average Bonchev–Trinajstić information content (AvgIpc) is 3.01. The van der Waals surface area contributed by atoms with Crippen LogP contribution in [0.5, 0.6) is 0 Å². The summed E-state index contributed by atoms with van der Waals surface area (Å²) in [7, 11) is 0. The molecule has 128 valence electrons. The van der Waals surface area contributed by atoms with Crippen LogP contribution in [-0.4, -0.2) is 20.7 Å². The Bertz CT molecular complexity index is 889. The minimum absolute atomic E-state index is 0.293. The molecule has 0 saturated heterocycles. The number of rotatable bonds is 5. The average molecular weight is 376 g/mol. The van der Waals surface area contributed by atoms with E-state index in [2.05, 4.69) is 20.7 Å². The fourth-order valence-corrected chi connectivity index (χ4v) is 2.85. The van der Waals surface area contributed by atoms with Gasteiger partial charge in [0.15, 0.2) is 0 Å². The third-order valence-electron chi connectivity index (χ3n) is 3.44. The van der Waals surface area contributed by atoms with Crippen LogP contribution >= 0.6 is 23.2 Å². The zero-order chi connectivity index (χ0) is 17.8. The van der Waals surface area contributed by atoms with Gasteiger partial charge in [-0.15, -0.1) is 0 Å². The van der Waals surface area contributed by atoms with Crippen LogP contribution in [-0.2, 0) is 6.54 Å². The molecule has 0 fully saturated rings. The summed E-state index contributed by atoms with van der Waals surface area (Å²) in [6.07, 6.45) is 3.23. The molecule has 1 aromatic carbocycles. The Morgan fingerprint density at radius 2 is 1.92 bits per heavy atom. The smallest absolute Gasteiger partial charge is 0.260 e. The molecule has 6 nitrogen and oxygen atoms in total. The number of aromatic nitrogens is 3. The number of benzene rings is 1. The molecular formula is C17H15Cl2N5O. The molecule has 2 heterocycles. The van der Waals surface area contributed by atoms with Gasteiger partial charge < -0.3 is 10.6 Å². The van der Waals surface area contributed by atoms with Crippen molar-refractivity contribution in [3.63, 3.8) is 0 Å². The Labute approximate surface area is 154 Å². The van der Waals surface area contributed by atoms with Crippen molar-refractivity contribution < 1.29 is 4.79 Å². The number of nitrogens with zero attached hydrogens (tertiary/aromatic N) is 3. The zero-order valence-electron chi connectivity index (χ0n) is 13.3. The van der Waals surface area contributed by atoms with Gasteiger partial charge in [0.25, 0.3) is 5.91 Å². The lowest BCUT2D eigenvalue weighted by atomic mass is 10.2. The highest BCUT2D eigenvalue weighted by Gasteiger charge is 2.14. The van der Waals surface area contributed by atoms with Gasteiger partial charge in [-0.1, -0.05) is 23.2 Å². The molecule has 8 heteroatoms. The van der Waals surface area contributed by atoms with Crippen LogP contribution in [0.3, 0.4) is 0 Å². The summed E-state index contributed by atoms with van der Waals surface area (Å²) in [6, 6.07) is 10.2. The minimum atomic E-state index is -0.293. The van der Waals surface area contributed by atoms with Crippen molar-refractivity contribution in [2.24, 2.45) is 0 Å². The number of hydrogen-bond acceptors (Lipinski definition) is 4. The summed E-state index contributed by atoms with van der Waals surface area (Å²) >= 11 is 12.0. The first kappa shape index (κ1) is 17.3. The number of hydrogen-bond donors (Lipinski definition) is 2. The van der Waals surface area contributed by atoms with E-state index in [1.807, 2.05) is 6.92 Å². The molecule has 3 aromatic rings. The van der Waals surface area contributed by atoms with Crippen molar-refractivity contribution in [2.75, 3.05) is 10.6 Å². The minimum Gasteiger partial charge on any atom is -0.339 e. The summed E-state index contributed by atoms with van der Waals surface area (Å²) < 4.78 is 1.69. The van der Waals surface area contributed by atoms with Crippen LogP contribution in [0.2, 0.25) is 10.0 Å². The van der Waals surface area contributed by atoms with Crippen molar-refractivity contribution >= 4 is 46.4 Å². The lowest BCUT2D eigenvalue weighted by molar-refractivity contribution is 0.102. The van der Waals surface area contributed by atoms with E-state index in [1.165, 1.54) is 0 Å². The summed E-state index contributed by atoms with van der Waals surface area (Å²) in [5.41, 5.74) is 1.03. The fourth-order valence-electron chi connectivity index (χ4n) is 2.33. The van der Waals surface area contributed by atoms with Crippen molar-refractivity contribution in [2.45, 2.75) is 13.5 Å². The number of anilines is 3. The fraction of sp³-hybridized carbons (Fsp3) is 0.118. The van der Waals surface area contributed by atoms with E-state index in [9.17, 15) is 4.79 Å². The summed E-state index contributed by atoms with van der Waals surface area (Å²) in [5.74, 6) is 0.730. The maximum Gasteiger partial charge on any atom is 0.260 e. The van der Waals surface area contributed by atoms with E-state index >= 15 is 0 Å². The second-order valence-corrected chi connectivity index (χ2v) is 6.04. The third-order valence-corrected chi connectivity index (χ3v) is 3.87. The van der Waals surface area contributed by atoms with Gasteiger partial charge in [0.1, 0.15) is 11.6 Å². The molecule has 1 amide bonds. The monoisotopic (exact) mass is 375 g/mol. The largest absolute Gasteiger partial charge is 0.339 e. The molecule has 0 radical (unpaired) electrons. The van der Waals surface area contributed by atoms with Gasteiger partial charge in [-0.3, -0.25) is 4.79 Å². The Morgan fingerprint density at radius 1 is 1.16 bits per heavy atom. The van der Waals surface area contributed by atoms with Crippen LogP contribution in [0, 0.1) is 0 Å². The molecule has 0 spiro atoms. The van der Waals surface area contributed by atoms with Crippen LogP contribution in [0.4, 0.5) is 17.3 Å². The lowest BCUT2D eigenvalue weighted by Gasteiger charge is -2.12. The van der Waals surface area contributed by atoms with Gasteiger partial charge in [0.2, 0.25) is 0 Å². The third kappa shape index (κ3) is 4.10. The summed E-state index contributed by atoms with van der Waals surface area (Å²) in [4.78, 5) is 16.9. The van der Waals surface area contributed by atoms with E-state index < -0.39 is 0 Å². The SMILES string of the molecule is CCn1nccc1NC(=O)c1cccnc1Nc1cc(Cl)cc(Cl)c1. The predicted molar refractivity (Wildman–Crippen MR) is 99.8 cm³/mol. The van der Waals surface area contributed by atoms with Crippen molar-refractivity contribution in [1.29, 1.82) is 0 Å². The molecule has 2 aromatic heterocycles. The van der Waals surface area contributed by atoms with E-state index in [1.54, 1.807) is 53.5 Å². The number of nitrogens with one attached hydrogen (secondary N) is 2. The molecule has 25 heavy (non-hydrogen) atoms. The van der Waals surface area contributed by atoms with Crippen LogP contribution in [0.25, 0.3) is 0 Å². The zero-order valence-corrected chi connectivity index (χ0v) is 14.8. The number of carbonyl (C=O) groups excluding carboxylic acids is 1. The molecule has 0 saturated carbocycles. The first-order valence-electron chi connectivity index (χ1n) is 7.58. The highest BCUT2D eigenvalue weighted by Crippen LogP contribution is 2.26. The number of carbonyl (C=O) groups is 1. The van der Waals surface area contributed by atoms with Crippen LogP contribution in [0.15, 0.2) is 48.8 Å². The van der Waals surface area contributed by atoms with E-state index in [0.717, 1.165) is 0 Å². The van der Waals surface area contributed by atoms with Crippen LogP contribution < -0.4 is 10.6 Å². The van der Waals surface area contributed by atoms with E-state index in [-0.39, 0.29) is 5.91 Å². The highest BCUT2D eigenvalue weighted by atomic mass is 35.5. The maximum absolute atomic E-state index is 12.6. The van der Waals surface area contributed by atoms with Crippen LogP contribution in [0.1, 0.15) is 17.3 Å². The predicted octanol–water partition coefficient (Wildman–Crippen LogP) is 4.60. The van der Waals surface area contributed by atoms with Crippen molar-refractivity contribution in [3.8, 4) is 0 Å². The van der Waals surface area contributed by atoms with Gasteiger partial charge in [-0.05, 0) is 37.3 Å². The van der Waals surface area contributed by atoms with E-state index in [4.69, 9.17) is 23.2 Å². The maximum atomic E-state index is 12.6. The van der Waals surface area contributed by atoms with Gasteiger partial charge in [0, 0.05) is 34.5 Å². The molecule has 3 rings (SSSR count). The Kier molecular flexibility index (Phi) is 5.21. The first-order chi connectivity index (χ1) is 12.1. The Morgan fingerprint density at radius 3 is 2.64 bits per heavy atom. The molecule has 0 atom stereocenters. The second-order valence-electron chi connectivity index (χ2n) is 5.17. The number of halogens is 2. The molecule has 0 aliphatic carbocycles. The summed E-state index contributed by atoms with van der Waals surface area (Å²) in [5, 5.41) is 11.0. The van der Waals surface area contributed by atoms with Gasteiger partial charge in [0.05, 0.1) is 11.8 Å². The van der Waals surface area contributed by atoms with E-state index in [0.29, 0.717) is 39.5 Å². The van der Waals surface area contributed by atoms with Gasteiger partial charge in [-0.25, -0.2) is 9.67 Å². The molecule has 2 N–H and O–H groups in total. The first-order valence-corrected chi connectivity index (χ1v) is 8.33. The molecule has 0 unspecified atom stereocenters. The molecular weight excluding hydrogens is 361 g/mol. The highest BCUT2D eigenvalue weighted by molar-refractivity contribution is 6.35. The Balaban J connectivity index is 1.86. The second kappa shape index (κ2) is 7.55. The normalized spacial score (nSPS) is 10.5. The standard InChI is InChI=1S/C17H15Cl2N5O/c1-2-24-15(5-7-21-24)23-17(25)14-4-3-6-20-16(14)22-13-9-11(18)8-12(19)10-13/h3-10H,2H2,1H3,(H,20,22)(H,23,25).